The Hall–Kier alpha value is -4.28. The Morgan fingerprint density at radius 1 is 0.762 bits per heavy atom. The molecule has 8 rings (SSSR count). The van der Waals surface area contributed by atoms with Gasteiger partial charge in [0.15, 0.2) is 23.3 Å². The van der Waals surface area contributed by atoms with E-state index in [0.29, 0.717) is 45.7 Å². The van der Waals surface area contributed by atoms with Gasteiger partial charge in [0, 0.05) is 22.4 Å². The Balaban J connectivity index is 1.07. The number of H-pyrrole nitrogens is 1. The lowest BCUT2D eigenvalue weighted by Crippen LogP contribution is -2.59. The molecule has 3 aromatic carbocycles. The van der Waals surface area contributed by atoms with E-state index in [2.05, 4.69) is 20.6 Å². The summed E-state index contributed by atoms with van der Waals surface area (Å²) >= 11 is 0. The summed E-state index contributed by atoms with van der Waals surface area (Å²) in [6, 6.07) is 11.2. The van der Waals surface area contributed by atoms with Gasteiger partial charge in [-0.2, -0.15) is 0 Å². The molecular weight excluding hydrogens is 555 g/mol. The zero-order valence-electron chi connectivity index (χ0n) is 22.2. The SMILES string of the molecule is O=C(NC12CC3CC(CC(C3)C1)C2)c1ccc2nc(-c3ccc(NC(=O)c4c(F)c(F)c(F)c(F)c4F)cc3)[nH]c2c1. The van der Waals surface area contributed by atoms with Crippen molar-refractivity contribution in [3.63, 3.8) is 0 Å². The lowest BCUT2D eigenvalue weighted by molar-refractivity contribution is -0.0167. The molecule has 4 aliphatic rings. The number of aromatic amines is 1. The Bertz CT molecular complexity index is 1700. The monoisotopic (exact) mass is 580 g/mol. The number of amides is 2. The summed E-state index contributed by atoms with van der Waals surface area (Å²) in [4.78, 5) is 33.4. The van der Waals surface area contributed by atoms with Crippen molar-refractivity contribution in [3.05, 3.63) is 82.7 Å². The minimum atomic E-state index is -2.34. The van der Waals surface area contributed by atoms with Gasteiger partial charge in [0.1, 0.15) is 11.4 Å². The van der Waals surface area contributed by atoms with E-state index in [1.165, 1.54) is 31.4 Å². The largest absolute Gasteiger partial charge is 0.347 e. The smallest absolute Gasteiger partial charge is 0.261 e. The first kappa shape index (κ1) is 26.6. The fourth-order valence-corrected chi connectivity index (χ4v) is 7.57. The van der Waals surface area contributed by atoms with Crippen LogP contribution in [0.15, 0.2) is 42.5 Å². The summed E-state index contributed by atoms with van der Waals surface area (Å²) in [5, 5.41) is 5.52. The van der Waals surface area contributed by atoms with E-state index in [1.54, 1.807) is 30.3 Å². The third kappa shape index (κ3) is 4.42. The zero-order valence-corrected chi connectivity index (χ0v) is 22.2. The minimum Gasteiger partial charge on any atom is -0.347 e. The molecule has 0 unspecified atom stereocenters. The van der Waals surface area contributed by atoms with E-state index in [4.69, 9.17) is 0 Å². The van der Waals surface area contributed by atoms with Crippen LogP contribution in [0.4, 0.5) is 27.6 Å². The van der Waals surface area contributed by atoms with Crippen LogP contribution in [0.25, 0.3) is 22.4 Å². The van der Waals surface area contributed by atoms with Crippen molar-refractivity contribution >= 4 is 28.5 Å². The van der Waals surface area contributed by atoms with Crippen molar-refractivity contribution in [3.8, 4) is 11.4 Å². The summed E-state index contributed by atoms with van der Waals surface area (Å²) in [5.74, 6) is -10.1. The highest BCUT2D eigenvalue weighted by Crippen LogP contribution is 2.55. The number of hydrogen-bond donors (Lipinski definition) is 3. The number of carbonyl (C=O) groups excluding carboxylic acids is 2. The summed E-state index contributed by atoms with van der Waals surface area (Å²) in [7, 11) is 0. The highest BCUT2D eigenvalue weighted by molar-refractivity contribution is 6.05. The number of rotatable bonds is 5. The molecule has 4 aliphatic carbocycles. The lowest BCUT2D eigenvalue weighted by atomic mass is 9.53. The summed E-state index contributed by atoms with van der Waals surface area (Å²) in [5.41, 5.74) is 0.822. The van der Waals surface area contributed by atoms with E-state index in [-0.39, 0.29) is 17.1 Å². The maximum Gasteiger partial charge on any atom is 0.261 e. The number of nitrogens with one attached hydrogen (secondary N) is 3. The Labute approximate surface area is 236 Å². The van der Waals surface area contributed by atoms with Gasteiger partial charge in [-0.3, -0.25) is 9.59 Å². The molecule has 1 aromatic heterocycles. The van der Waals surface area contributed by atoms with Gasteiger partial charge in [0.05, 0.1) is 11.0 Å². The molecule has 4 saturated carbocycles. The molecule has 0 aliphatic heterocycles. The van der Waals surface area contributed by atoms with Crippen molar-refractivity contribution < 1.29 is 31.5 Å². The van der Waals surface area contributed by atoms with E-state index >= 15 is 0 Å². The minimum absolute atomic E-state index is 0.0624. The first-order valence-corrected chi connectivity index (χ1v) is 13.8. The first-order valence-electron chi connectivity index (χ1n) is 13.8. The van der Waals surface area contributed by atoms with Crippen LogP contribution in [0.5, 0.6) is 0 Å². The molecule has 0 spiro atoms. The van der Waals surface area contributed by atoms with Crippen LogP contribution < -0.4 is 10.6 Å². The number of carbonyl (C=O) groups is 2. The van der Waals surface area contributed by atoms with Gasteiger partial charge in [0.25, 0.3) is 11.8 Å². The topological polar surface area (TPSA) is 86.9 Å². The second-order valence-electron chi connectivity index (χ2n) is 11.9. The van der Waals surface area contributed by atoms with Crippen LogP contribution in [0.3, 0.4) is 0 Å². The molecule has 42 heavy (non-hydrogen) atoms. The first-order chi connectivity index (χ1) is 20.1. The molecule has 216 valence electrons. The predicted octanol–water partition coefficient (Wildman–Crippen LogP) is 6.88. The van der Waals surface area contributed by atoms with E-state index in [0.717, 1.165) is 19.3 Å². The number of imidazole rings is 1. The van der Waals surface area contributed by atoms with E-state index in [9.17, 15) is 31.5 Å². The Morgan fingerprint density at radius 2 is 1.33 bits per heavy atom. The van der Waals surface area contributed by atoms with Gasteiger partial charge in [0.2, 0.25) is 5.82 Å². The molecule has 3 N–H and O–H groups in total. The second-order valence-corrected chi connectivity index (χ2v) is 11.9. The van der Waals surface area contributed by atoms with Crippen molar-refractivity contribution in [2.45, 2.75) is 44.1 Å². The Kier molecular flexibility index (Phi) is 6.11. The number of fused-ring (bicyclic) bond motifs is 1. The average Bonchev–Trinajstić information content (AvgIpc) is 3.38. The van der Waals surface area contributed by atoms with Crippen molar-refractivity contribution in [1.82, 2.24) is 15.3 Å². The molecular formula is C31H25F5N4O2. The number of anilines is 1. The number of hydrogen-bond acceptors (Lipinski definition) is 3. The molecule has 0 atom stereocenters. The summed E-state index contributed by atoms with van der Waals surface area (Å²) in [6.45, 7) is 0. The number of aromatic nitrogens is 2. The van der Waals surface area contributed by atoms with Crippen LogP contribution >= 0.6 is 0 Å². The summed E-state index contributed by atoms with van der Waals surface area (Å²) < 4.78 is 68.3. The van der Waals surface area contributed by atoms with Gasteiger partial charge in [-0.1, -0.05) is 0 Å². The molecule has 0 radical (unpaired) electrons. The van der Waals surface area contributed by atoms with Gasteiger partial charge in [-0.25, -0.2) is 26.9 Å². The molecule has 1 heterocycles. The second kappa shape index (κ2) is 9.64. The Morgan fingerprint density at radius 3 is 1.93 bits per heavy atom. The molecule has 4 bridgehead atoms. The van der Waals surface area contributed by atoms with Gasteiger partial charge in [-0.05, 0) is 98.7 Å². The van der Waals surface area contributed by atoms with Crippen LogP contribution in [-0.2, 0) is 0 Å². The predicted molar refractivity (Wildman–Crippen MR) is 144 cm³/mol. The fraction of sp³-hybridized carbons (Fsp3) is 0.323. The van der Waals surface area contributed by atoms with Crippen LogP contribution in [0.2, 0.25) is 0 Å². The number of halogens is 5. The molecule has 6 nitrogen and oxygen atoms in total. The zero-order chi connectivity index (χ0) is 29.3. The highest BCUT2D eigenvalue weighted by atomic mass is 19.2. The summed E-state index contributed by atoms with van der Waals surface area (Å²) in [6.07, 6.45) is 7.03. The molecule has 11 heteroatoms. The van der Waals surface area contributed by atoms with Gasteiger partial charge in [-0.15, -0.1) is 0 Å². The lowest BCUT2D eigenvalue weighted by Gasteiger charge is -2.56. The van der Waals surface area contributed by atoms with Crippen LogP contribution in [-0.4, -0.2) is 27.3 Å². The molecule has 4 aromatic rings. The van der Waals surface area contributed by atoms with Gasteiger partial charge >= 0.3 is 0 Å². The molecule has 2 amide bonds. The fourth-order valence-electron chi connectivity index (χ4n) is 7.57. The quantitative estimate of drug-likeness (QED) is 0.137. The maximum absolute atomic E-state index is 14.0. The molecule has 4 fully saturated rings. The third-order valence-corrected chi connectivity index (χ3v) is 9.01. The highest BCUT2D eigenvalue weighted by Gasteiger charge is 2.51. The van der Waals surface area contributed by atoms with Crippen molar-refractivity contribution in [2.75, 3.05) is 5.32 Å². The van der Waals surface area contributed by atoms with Crippen LogP contribution in [0, 0.1) is 46.8 Å². The maximum atomic E-state index is 14.0. The third-order valence-electron chi connectivity index (χ3n) is 9.01. The average molecular weight is 581 g/mol. The van der Waals surface area contributed by atoms with Crippen LogP contribution in [0.1, 0.15) is 59.2 Å². The van der Waals surface area contributed by atoms with Crippen molar-refractivity contribution in [2.24, 2.45) is 17.8 Å². The van der Waals surface area contributed by atoms with E-state index < -0.39 is 40.6 Å². The number of benzene rings is 3. The normalized spacial score (nSPS) is 24.3. The number of nitrogens with zero attached hydrogens (tertiary/aromatic N) is 1. The van der Waals surface area contributed by atoms with Gasteiger partial charge < -0.3 is 15.6 Å². The van der Waals surface area contributed by atoms with E-state index in [1.807, 2.05) is 0 Å². The standard InChI is InChI=1S/C31H25F5N4O2/c32-23-22(24(33)26(35)27(36)25(23)34)30(42)37-19-4-1-17(2-5-19)28-38-20-6-3-18(10-21(20)39-28)29(41)40-31-11-14-7-15(12-31)9-16(8-14)13-31/h1-6,10,14-16H,7-9,11-13H2,(H,37,42)(H,38,39)(H,40,41). The van der Waals surface area contributed by atoms with Crippen molar-refractivity contribution in [1.29, 1.82) is 0 Å². The molecule has 0 saturated heterocycles.